The Kier molecular flexibility index (Phi) is 5.57. The van der Waals surface area contributed by atoms with E-state index in [1.54, 1.807) is 18.2 Å². The number of halogens is 2. The minimum atomic E-state index is -2.84. The zero-order valence-electron chi connectivity index (χ0n) is 13.1. The number of ether oxygens (including phenoxy) is 1. The monoisotopic (exact) mass is 311 g/mol. The van der Waals surface area contributed by atoms with Gasteiger partial charge in [0.1, 0.15) is 5.75 Å². The fourth-order valence-electron chi connectivity index (χ4n) is 2.71. The van der Waals surface area contributed by atoms with Crippen LogP contribution >= 0.6 is 0 Å². The number of hydrogen-bond donors (Lipinski definition) is 1. The predicted molar refractivity (Wildman–Crippen MR) is 83.1 cm³/mol. The molecule has 1 heterocycles. The maximum Gasteiger partial charge on any atom is 0.387 e. The second-order valence-corrected chi connectivity index (χ2v) is 5.86. The van der Waals surface area contributed by atoms with E-state index in [9.17, 15) is 8.78 Å². The highest BCUT2D eigenvalue weighted by Gasteiger charge is 2.18. The molecule has 0 radical (unpaired) electrons. The first kappa shape index (κ1) is 16.5. The Morgan fingerprint density at radius 2 is 2.27 bits per heavy atom. The summed E-state index contributed by atoms with van der Waals surface area (Å²) in [6, 6.07) is 5.08. The summed E-state index contributed by atoms with van der Waals surface area (Å²) in [7, 11) is 0. The summed E-state index contributed by atoms with van der Waals surface area (Å²) >= 11 is 0. The van der Waals surface area contributed by atoms with Gasteiger partial charge in [0, 0.05) is 18.7 Å². The number of aryl methyl sites for hydroxylation is 1. The lowest BCUT2D eigenvalue weighted by Gasteiger charge is -2.31. The summed E-state index contributed by atoms with van der Waals surface area (Å²) in [6.07, 6.45) is 2.30. The Bertz CT molecular complexity index is 534. The van der Waals surface area contributed by atoms with Crippen molar-refractivity contribution in [3.05, 3.63) is 29.3 Å². The molecule has 1 atom stereocenters. The molecule has 0 aliphatic carbocycles. The van der Waals surface area contributed by atoms with E-state index in [-0.39, 0.29) is 12.3 Å². The third kappa shape index (κ3) is 4.58. The molecule has 1 aromatic rings. The second kappa shape index (κ2) is 7.42. The number of guanidine groups is 1. The Labute approximate surface area is 130 Å². The van der Waals surface area contributed by atoms with Gasteiger partial charge in [-0.25, -0.2) is 4.99 Å². The first-order valence-corrected chi connectivity index (χ1v) is 7.55. The van der Waals surface area contributed by atoms with Gasteiger partial charge >= 0.3 is 6.61 Å². The van der Waals surface area contributed by atoms with Crippen molar-refractivity contribution < 1.29 is 13.5 Å². The molecule has 0 saturated carbocycles. The quantitative estimate of drug-likeness (QED) is 0.686. The molecule has 1 saturated heterocycles. The van der Waals surface area contributed by atoms with Gasteiger partial charge in [0.05, 0.1) is 6.54 Å². The standard InChI is InChI=1S/C16H23F2N3O/c1-11-5-6-14(22-15(17)18)13(8-11)9-20-16(19)21-7-3-4-12(2)10-21/h5-6,8,12,15H,3-4,7,9-10H2,1-2H3,(H2,19,20). The molecule has 1 unspecified atom stereocenters. The van der Waals surface area contributed by atoms with E-state index in [0.717, 1.165) is 25.1 Å². The van der Waals surface area contributed by atoms with E-state index in [0.29, 0.717) is 17.4 Å². The average Bonchev–Trinajstić information content (AvgIpc) is 2.46. The highest BCUT2D eigenvalue weighted by atomic mass is 19.3. The van der Waals surface area contributed by atoms with Crippen molar-refractivity contribution in [2.75, 3.05) is 13.1 Å². The van der Waals surface area contributed by atoms with Crippen LogP contribution in [0.15, 0.2) is 23.2 Å². The van der Waals surface area contributed by atoms with Crippen LogP contribution in [0.4, 0.5) is 8.78 Å². The lowest BCUT2D eigenvalue weighted by Crippen LogP contribution is -2.43. The molecule has 0 aromatic heterocycles. The lowest BCUT2D eigenvalue weighted by atomic mass is 10.0. The SMILES string of the molecule is Cc1ccc(OC(F)F)c(CN=C(N)N2CCCC(C)C2)c1. The van der Waals surface area contributed by atoms with Gasteiger partial charge < -0.3 is 15.4 Å². The van der Waals surface area contributed by atoms with E-state index < -0.39 is 6.61 Å². The van der Waals surface area contributed by atoms with Crippen LogP contribution in [0, 0.1) is 12.8 Å². The molecule has 2 N–H and O–H groups in total. The fourth-order valence-corrected chi connectivity index (χ4v) is 2.71. The Morgan fingerprint density at radius 1 is 1.50 bits per heavy atom. The Hall–Kier alpha value is -1.85. The summed E-state index contributed by atoms with van der Waals surface area (Å²) in [5, 5.41) is 0. The first-order valence-electron chi connectivity index (χ1n) is 7.55. The van der Waals surface area contributed by atoms with Gasteiger partial charge in [0.2, 0.25) is 0 Å². The minimum Gasteiger partial charge on any atom is -0.434 e. The van der Waals surface area contributed by atoms with Crippen molar-refractivity contribution in [2.45, 2.75) is 39.8 Å². The number of hydrogen-bond acceptors (Lipinski definition) is 2. The zero-order chi connectivity index (χ0) is 16.1. The molecular formula is C16H23F2N3O. The van der Waals surface area contributed by atoms with Crippen LogP contribution < -0.4 is 10.5 Å². The smallest absolute Gasteiger partial charge is 0.387 e. The third-order valence-corrected chi connectivity index (χ3v) is 3.82. The maximum atomic E-state index is 12.4. The van der Waals surface area contributed by atoms with Gasteiger partial charge in [-0.2, -0.15) is 8.78 Å². The largest absolute Gasteiger partial charge is 0.434 e. The van der Waals surface area contributed by atoms with Crippen molar-refractivity contribution >= 4 is 5.96 Å². The molecule has 1 aliphatic heterocycles. The molecule has 0 spiro atoms. The molecule has 0 amide bonds. The Morgan fingerprint density at radius 3 is 2.95 bits per heavy atom. The van der Waals surface area contributed by atoms with Crippen LogP contribution in [-0.4, -0.2) is 30.6 Å². The highest BCUT2D eigenvalue weighted by Crippen LogP contribution is 2.23. The number of aliphatic imine (C=N–C) groups is 1. The topological polar surface area (TPSA) is 50.9 Å². The summed E-state index contributed by atoms with van der Waals surface area (Å²) in [5.41, 5.74) is 7.62. The highest BCUT2D eigenvalue weighted by molar-refractivity contribution is 5.78. The number of benzene rings is 1. The summed E-state index contributed by atoms with van der Waals surface area (Å²) < 4.78 is 29.4. The van der Waals surface area contributed by atoms with Crippen LogP contribution in [0.3, 0.4) is 0 Å². The fraction of sp³-hybridized carbons (Fsp3) is 0.562. The van der Waals surface area contributed by atoms with E-state index >= 15 is 0 Å². The van der Waals surface area contributed by atoms with E-state index in [1.807, 2.05) is 6.92 Å². The average molecular weight is 311 g/mol. The van der Waals surface area contributed by atoms with Gasteiger partial charge in [0.25, 0.3) is 0 Å². The number of rotatable bonds is 4. The third-order valence-electron chi connectivity index (χ3n) is 3.82. The number of piperidine rings is 1. The molecule has 2 rings (SSSR count). The second-order valence-electron chi connectivity index (χ2n) is 5.86. The van der Waals surface area contributed by atoms with Crippen molar-refractivity contribution in [1.29, 1.82) is 0 Å². The first-order chi connectivity index (χ1) is 10.5. The van der Waals surface area contributed by atoms with Gasteiger partial charge in [-0.15, -0.1) is 0 Å². The van der Waals surface area contributed by atoms with Crippen LogP contribution in [0.25, 0.3) is 0 Å². The van der Waals surface area contributed by atoms with Crippen molar-refractivity contribution in [3.8, 4) is 5.75 Å². The summed E-state index contributed by atoms with van der Waals surface area (Å²) in [4.78, 5) is 6.41. The lowest BCUT2D eigenvalue weighted by molar-refractivity contribution is -0.0504. The minimum absolute atomic E-state index is 0.157. The number of alkyl halides is 2. The number of nitrogens with zero attached hydrogens (tertiary/aromatic N) is 2. The number of nitrogens with two attached hydrogens (primary N) is 1. The van der Waals surface area contributed by atoms with Crippen molar-refractivity contribution in [2.24, 2.45) is 16.6 Å². The van der Waals surface area contributed by atoms with Crippen molar-refractivity contribution in [1.82, 2.24) is 4.90 Å². The van der Waals surface area contributed by atoms with Crippen LogP contribution in [0.1, 0.15) is 30.9 Å². The molecule has 4 nitrogen and oxygen atoms in total. The van der Waals surface area contributed by atoms with Crippen LogP contribution in [-0.2, 0) is 6.54 Å². The number of likely N-dealkylation sites (tertiary alicyclic amines) is 1. The van der Waals surface area contributed by atoms with Gasteiger partial charge in [-0.3, -0.25) is 0 Å². The maximum absolute atomic E-state index is 12.4. The van der Waals surface area contributed by atoms with Crippen LogP contribution in [0.2, 0.25) is 0 Å². The zero-order valence-corrected chi connectivity index (χ0v) is 13.1. The van der Waals surface area contributed by atoms with Crippen molar-refractivity contribution in [3.63, 3.8) is 0 Å². The van der Waals surface area contributed by atoms with Crippen LogP contribution in [0.5, 0.6) is 5.75 Å². The molecule has 0 bridgehead atoms. The molecule has 1 fully saturated rings. The summed E-state index contributed by atoms with van der Waals surface area (Å²) in [6.45, 7) is 3.27. The van der Waals surface area contributed by atoms with E-state index in [1.165, 1.54) is 6.42 Å². The Balaban J connectivity index is 2.08. The molecule has 122 valence electrons. The molecule has 1 aliphatic rings. The van der Waals surface area contributed by atoms with Gasteiger partial charge in [0.15, 0.2) is 5.96 Å². The normalized spacial score (nSPS) is 19.6. The molecule has 6 heteroatoms. The summed E-state index contributed by atoms with van der Waals surface area (Å²) in [5.74, 6) is 1.22. The van der Waals surface area contributed by atoms with E-state index in [4.69, 9.17) is 5.73 Å². The van der Waals surface area contributed by atoms with Gasteiger partial charge in [-0.1, -0.05) is 24.6 Å². The van der Waals surface area contributed by atoms with Gasteiger partial charge in [-0.05, 0) is 31.7 Å². The predicted octanol–water partition coefficient (Wildman–Crippen LogP) is 3.14. The molecular weight excluding hydrogens is 288 g/mol. The molecule has 22 heavy (non-hydrogen) atoms. The van der Waals surface area contributed by atoms with E-state index in [2.05, 4.69) is 21.6 Å². The molecule has 1 aromatic carbocycles.